The van der Waals surface area contributed by atoms with Gasteiger partial charge in [0, 0.05) is 10.9 Å². The lowest BCUT2D eigenvalue weighted by Crippen LogP contribution is -1.91. The molecule has 0 aromatic rings. The molecule has 3 nitrogen and oxygen atoms in total. The van der Waals surface area contributed by atoms with Gasteiger partial charge in [0.05, 0.1) is 4.92 Å². The van der Waals surface area contributed by atoms with E-state index >= 15 is 0 Å². The molecule has 0 amide bonds. The van der Waals surface area contributed by atoms with E-state index < -0.39 is 0 Å². The summed E-state index contributed by atoms with van der Waals surface area (Å²) in [5, 5.41) is 11.0. The van der Waals surface area contributed by atoms with Crippen molar-refractivity contribution in [3.63, 3.8) is 0 Å². The Morgan fingerprint density at radius 3 is 2.94 bits per heavy atom. The van der Waals surface area contributed by atoms with Crippen LogP contribution in [0.25, 0.3) is 11.1 Å². The number of rotatable bonds is 4. The molecule has 0 saturated carbocycles. The smallest absolute Gasteiger partial charge is 0.258 e. The van der Waals surface area contributed by atoms with Crippen molar-refractivity contribution in [1.29, 1.82) is 0 Å². The van der Waals surface area contributed by atoms with E-state index in [-0.39, 0.29) is 9.92 Å². The van der Waals surface area contributed by atoms with Crippen molar-refractivity contribution in [3.05, 3.63) is 39.3 Å². The fraction of sp³-hybridized carbons (Fsp3) is 0.333. The van der Waals surface area contributed by atoms with Crippen LogP contribution in [0.4, 0.5) is 5.00 Å². The van der Waals surface area contributed by atoms with Crippen molar-refractivity contribution in [2.24, 2.45) is 0 Å². The van der Waals surface area contributed by atoms with Gasteiger partial charge in [0.25, 0.3) is 0 Å². The van der Waals surface area contributed by atoms with Crippen molar-refractivity contribution in [2.45, 2.75) is 26.2 Å². The van der Waals surface area contributed by atoms with E-state index in [1.54, 1.807) is 6.07 Å². The second-order valence-electron chi connectivity index (χ2n) is 3.76. The quantitative estimate of drug-likeness (QED) is 0.591. The molecule has 16 heavy (non-hydrogen) atoms. The normalized spacial score (nSPS) is 10.8. The Bertz CT molecular complexity index is 478. The van der Waals surface area contributed by atoms with Crippen LogP contribution in [-0.4, -0.2) is 4.92 Å². The average molecular weight is 235 g/mol. The molecule has 2 aliphatic rings. The highest BCUT2D eigenvalue weighted by Crippen LogP contribution is 2.36. The van der Waals surface area contributed by atoms with E-state index in [0.717, 1.165) is 29.7 Å². The molecule has 4 heteroatoms. The van der Waals surface area contributed by atoms with Gasteiger partial charge < -0.3 is 0 Å². The molecule has 0 radical (unpaired) electrons. The Labute approximate surface area is 98.2 Å². The van der Waals surface area contributed by atoms with E-state index in [0.29, 0.717) is 0 Å². The topological polar surface area (TPSA) is 43.1 Å². The Morgan fingerprint density at radius 2 is 2.25 bits per heavy atom. The Balaban J connectivity index is 2.45. The van der Waals surface area contributed by atoms with E-state index in [2.05, 4.69) is 6.92 Å². The molecular formula is C12H13NO2S. The number of hydrogen-bond acceptors (Lipinski definition) is 3. The highest BCUT2D eigenvalue weighted by atomic mass is 32.1. The molecule has 1 aliphatic heterocycles. The van der Waals surface area contributed by atoms with E-state index in [4.69, 9.17) is 0 Å². The lowest BCUT2D eigenvalue weighted by Gasteiger charge is -2.06. The SMILES string of the molecule is CCCCc1sc([N+](=O)[O-])cc2cccc1-2. The van der Waals surface area contributed by atoms with Gasteiger partial charge in [-0.2, -0.15) is 0 Å². The zero-order valence-electron chi connectivity index (χ0n) is 9.10. The Hall–Kier alpha value is -1.42. The first-order valence-electron chi connectivity index (χ1n) is 5.38. The summed E-state index contributed by atoms with van der Waals surface area (Å²) in [5.41, 5.74) is 2.15. The zero-order valence-corrected chi connectivity index (χ0v) is 9.92. The van der Waals surface area contributed by atoms with Crippen LogP contribution in [-0.2, 0) is 6.42 Å². The summed E-state index contributed by atoms with van der Waals surface area (Å²) in [6.07, 6.45) is 3.12. The van der Waals surface area contributed by atoms with Crippen molar-refractivity contribution in [2.75, 3.05) is 0 Å². The number of unbranched alkanes of at least 4 members (excludes halogenated alkanes) is 1. The molecule has 1 aliphatic carbocycles. The largest absolute Gasteiger partial charge is 0.324 e. The third-order valence-electron chi connectivity index (χ3n) is 2.59. The highest BCUT2D eigenvalue weighted by Gasteiger charge is 2.16. The van der Waals surface area contributed by atoms with Gasteiger partial charge in [0.15, 0.2) is 0 Å². The second kappa shape index (κ2) is 4.61. The fourth-order valence-electron chi connectivity index (χ4n) is 1.77. The fourth-order valence-corrected chi connectivity index (χ4v) is 2.83. The van der Waals surface area contributed by atoms with E-state index in [9.17, 15) is 10.1 Å². The Morgan fingerprint density at radius 1 is 1.44 bits per heavy atom. The molecule has 0 saturated heterocycles. The van der Waals surface area contributed by atoms with Gasteiger partial charge in [-0.15, -0.1) is 0 Å². The molecule has 0 N–H and O–H groups in total. The van der Waals surface area contributed by atoms with Crippen molar-refractivity contribution >= 4 is 16.3 Å². The maximum Gasteiger partial charge on any atom is 0.324 e. The maximum atomic E-state index is 10.8. The molecule has 84 valence electrons. The maximum absolute atomic E-state index is 10.8. The summed E-state index contributed by atoms with van der Waals surface area (Å²) in [6.45, 7) is 2.13. The molecule has 0 fully saturated rings. The zero-order chi connectivity index (χ0) is 11.5. The highest BCUT2D eigenvalue weighted by molar-refractivity contribution is 7.15. The second-order valence-corrected chi connectivity index (χ2v) is 4.88. The molecular weight excluding hydrogens is 222 g/mol. The lowest BCUT2D eigenvalue weighted by molar-refractivity contribution is -0.380. The molecule has 0 atom stereocenters. The lowest BCUT2D eigenvalue weighted by atomic mass is 10.1. The molecule has 0 unspecified atom stereocenters. The van der Waals surface area contributed by atoms with Crippen LogP contribution in [0.5, 0.6) is 0 Å². The minimum absolute atomic E-state index is 0.241. The predicted molar refractivity (Wildman–Crippen MR) is 66.2 cm³/mol. The van der Waals surface area contributed by atoms with Crippen molar-refractivity contribution < 1.29 is 4.92 Å². The van der Waals surface area contributed by atoms with Crippen LogP contribution in [0.15, 0.2) is 24.3 Å². The molecule has 0 spiro atoms. The van der Waals surface area contributed by atoms with Crippen LogP contribution in [0.1, 0.15) is 24.6 Å². The number of fused-ring (bicyclic) bond motifs is 1. The first kappa shape index (κ1) is 11.1. The van der Waals surface area contributed by atoms with Gasteiger partial charge in [-0.1, -0.05) is 42.9 Å². The summed E-state index contributed by atoms with van der Waals surface area (Å²) in [4.78, 5) is 11.6. The first-order chi connectivity index (χ1) is 7.72. The van der Waals surface area contributed by atoms with Gasteiger partial charge in [0.2, 0.25) is 0 Å². The molecule has 0 bridgehead atoms. The van der Waals surface area contributed by atoms with Crippen LogP contribution < -0.4 is 0 Å². The summed E-state index contributed by atoms with van der Waals surface area (Å²) in [7, 11) is 0. The summed E-state index contributed by atoms with van der Waals surface area (Å²) in [6, 6.07) is 7.59. The molecule has 0 aromatic heterocycles. The number of aryl methyl sites for hydroxylation is 1. The number of hydrogen-bond donors (Lipinski definition) is 0. The Kier molecular flexibility index (Phi) is 3.19. The average Bonchev–Trinajstić information content (AvgIpc) is 2.73. The minimum atomic E-state index is -0.299. The standard InChI is InChI=1S/C12H13NO2S/c1-2-3-7-11-10-6-4-5-9(10)8-12(16-11)13(14)15/h4-6,8H,2-3,7H2,1H3. The third-order valence-corrected chi connectivity index (χ3v) is 3.74. The van der Waals surface area contributed by atoms with Crippen molar-refractivity contribution in [1.82, 2.24) is 0 Å². The summed E-state index contributed by atoms with van der Waals surface area (Å²) >= 11 is 1.31. The number of nitro groups is 1. The van der Waals surface area contributed by atoms with Gasteiger partial charge in [-0.25, -0.2) is 0 Å². The molecule has 2 rings (SSSR count). The predicted octanol–water partition coefficient (Wildman–Crippen LogP) is 4.10. The summed E-state index contributed by atoms with van der Waals surface area (Å²) < 4.78 is 0. The van der Waals surface area contributed by atoms with Crippen molar-refractivity contribution in [3.8, 4) is 11.1 Å². The third kappa shape index (κ3) is 2.07. The van der Waals surface area contributed by atoms with Gasteiger partial charge in [-0.3, -0.25) is 10.1 Å². The van der Waals surface area contributed by atoms with Crippen LogP contribution in [0.3, 0.4) is 0 Å². The first-order valence-corrected chi connectivity index (χ1v) is 6.20. The number of nitrogens with zero attached hydrogens (tertiary/aromatic N) is 1. The van der Waals surface area contributed by atoms with Gasteiger partial charge in [0.1, 0.15) is 0 Å². The van der Waals surface area contributed by atoms with Gasteiger partial charge >= 0.3 is 5.00 Å². The minimum Gasteiger partial charge on any atom is -0.258 e. The van der Waals surface area contributed by atoms with Crippen LogP contribution in [0.2, 0.25) is 0 Å². The van der Waals surface area contributed by atoms with Crippen LogP contribution >= 0.6 is 11.3 Å². The summed E-state index contributed by atoms with van der Waals surface area (Å²) in [5.74, 6) is 0. The molecule has 1 heterocycles. The monoisotopic (exact) mass is 235 g/mol. The van der Waals surface area contributed by atoms with Crippen LogP contribution in [0, 0.1) is 10.1 Å². The molecule has 0 aromatic carbocycles. The van der Waals surface area contributed by atoms with E-state index in [1.807, 2.05) is 18.2 Å². The van der Waals surface area contributed by atoms with E-state index in [1.165, 1.54) is 16.9 Å². The van der Waals surface area contributed by atoms with Gasteiger partial charge in [-0.05, 0) is 24.0 Å².